The third-order valence-corrected chi connectivity index (χ3v) is 2.99. The fraction of sp³-hybridized carbons (Fsp3) is 0.0714. The number of aryl methyl sites for hydroxylation is 1. The number of hydrogen-bond donors (Lipinski definition) is 2. The summed E-state index contributed by atoms with van der Waals surface area (Å²) in [5, 5.41) is 5.72. The molecule has 2 aromatic rings. The summed E-state index contributed by atoms with van der Waals surface area (Å²) in [7, 11) is 0. The molecule has 0 heterocycles. The second kappa shape index (κ2) is 6.15. The molecule has 0 saturated heterocycles. The van der Waals surface area contributed by atoms with E-state index in [-0.39, 0.29) is 21.5 Å². The van der Waals surface area contributed by atoms with Crippen LogP contribution >= 0.6 is 23.8 Å². The molecule has 0 bridgehead atoms. The van der Waals surface area contributed by atoms with Gasteiger partial charge in [-0.15, -0.1) is 0 Å². The molecule has 2 rings (SSSR count). The first-order valence-electron chi connectivity index (χ1n) is 5.75. The minimum Gasteiger partial charge on any atom is -0.330 e. The molecule has 2 nitrogen and oxygen atoms in total. The van der Waals surface area contributed by atoms with Crippen molar-refractivity contribution in [1.82, 2.24) is 0 Å². The largest absolute Gasteiger partial charge is 0.330 e. The van der Waals surface area contributed by atoms with E-state index in [1.54, 1.807) is 12.1 Å². The molecule has 0 spiro atoms. The molecule has 0 atom stereocenters. The van der Waals surface area contributed by atoms with Crippen LogP contribution in [0, 0.1) is 18.6 Å². The first kappa shape index (κ1) is 14.7. The number of nitrogens with one attached hydrogen (secondary N) is 2. The van der Waals surface area contributed by atoms with Gasteiger partial charge in [-0.05, 0) is 55.0 Å². The average molecular weight is 313 g/mol. The van der Waals surface area contributed by atoms with E-state index in [0.717, 1.165) is 5.56 Å². The highest BCUT2D eigenvalue weighted by Crippen LogP contribution is 2.20. The summed E-state index contributed by atoms with van der Waals surface area (Å²) in [5.41, 5.74) is 1.28. The van der Waals surface area contributed by atoms with Crippen molar-refractivity contribution >= 4 is 40.3 Å². The lowest BCUT2D eigenvalue weighted by Crippen LogP contribution is -2.20. The Bertz CT molecular complexity index is 662. The molecule has 0 unspecified atom stereocenters. The van der Waals surface area contributed by atoms with Crippen molar-refractivity contribution in [1.29, 1.82) is 0 Å². The SMILES string of the molecule is Cc1ccc(F)c(NC(=S)Nc2ccc(Cl)cc2F)c1. The number of thiocarbonyl (C=S) groups is 1. The number of anilines is 2. The van der Waals surface area contributed by atoms with Crippen LogP contribution in [0.3, 0.4) is 0 Å². The van der Waals surface area contributed by atoms with Crippen molar-refractivity contribution in [3.8, 4) is 0 Å². The maximum atomic E-state index is 13.6. The first-order valence-corrected chi connectivity index (χ1v) is 6.53. The van der Waals surface area contributed by atoms with Gasteiger partial charge in [0, 0.05) is 5.02 Å². The van der Waals surface area contributed by atoms with E-state index >= 15 is 0 Å². The maximum Gasteiger partial charge on any atom is 0.175 e. The zero-order valence-electron chi connectivity index (χ0n) is 10.5. The minimum atomic E-state index is -0.536. The van der Waals surface area contributed by atoms with Crippen LogP contribution in [0.5, 0.6) is 0 Å². The molecule has 104 valence electrons. The molecule has 0 amide bonds. The van der Waals surface area contributed by atoms with Gasteiger partial charge in [0.05, 0.1) is 11.4 Å². The summed E-state index contributed by atoms with van der Waals surface area (Å²) in [6.07, 6.45) is 0. The monoisotopic (exact) mass is 312 g/mol. The van der Waals surface area contributed by atoms with Gasteiger partial charge in [0.15, 0.2) is 5.11 Å². The quantitative estimate of drug-likeness (QED) is 0.784. The van der Waals surface area contributed by atoms with E-state index in [0.29, 0.717) is 0 Å². The molecule has 0 aliphatic rings. The second-order valence-electron chi connectivity index (χ2n) is 4.19. The molecule has 0 fully saturated rings. The molecule has 2 N–H and O–H groups in total. The van der Waals surface area contributed by atoms with Crippen molar-refractivity contribution in [2.24, 2.45) is 0 Å². The normalized spacial score (nSPS) is 10.2. The van der Waals surface area contributed by atoms with Crippen LogP contribution < -0.4 is 10.6 Å². The summed E-state index contributed by atoms with van der Waals surface area (Å²) in [5.74, 6) is -0.970. The Morgan fingerprint density at radius 1 is 1.00 bits per heavy atom. The average Bonchev–Trinajstić information content (AvgIpc) is 2.37. The summed E-state index contributed by atoms with van der Waals surface area (Å²) in [4.78, 5) is 0. The molecule has 6 heteroatoms. The Balaban J connectivity index is 2.11. The van der Waals surface area contributed by atoms with Crippen LogP contribution in [-0.4, -0.2) is 5.11 Å². The highest BCUT2D eigenvalue weighted by atomic mass is 35.5. The van der Waals surface area contributed by atoms with E-state index in [9.17, 15) is 8.78 Å². The minimum absolute atomic E-state index is 0.0933. The van der Waals surface area contributed by atoms with Crippen molar-refractivity contribution in [3.05, 3.63) is 58.6 Å². The number of rotatable bonds is 2. The first-order chi connectivity index (χ1) is 9.45. The van der Waals surface area contributed by atoms with E-state index in [1.165, 1.54) is 24.3 Å². The Morgan fingerprint density at radius 3 is 2.40 bits per heavy atom. The molecule has 0 aliphatic carbocycles. The molecule has 0 saturated carbocycles. The van der Waals surface area contributed by atoms with E-state index in [1.807, 2.05) is 6.92 Å². The van der Waals surface area contributed by atoms with E-state index < -0.39 is 11.6 Å². The molecule has 0 aliphatic heterocycles. The zero-order valence-corrected chi connectivity index (χ0v) is 12.1. The van der Waals surface area contributed by atoms with Crippen LogP contribution in [0.2, 0.25) is 5.02 Å². The zero-order chi connectivity index (χ0) is 14.7. The highest BCUT2D eigenvalue weighted by Gasteiger charge is 2.07. The Hall–Kier alpha value is -1.72. The van der Waals surface area contributed by atoms with Gasteiger partial charge in [-0.25, -0.2) is 8.78 Å². The summed E-state index contributed by atoms with van der Waals surface area (Å²) >= 11 is 10.7. The van der Waals surface area contributed by atoms with Gasteiger partial charge in [-0.1, -0.05) is 17.7 Å². The van der Waals surface area contributed by atoms with Gasteiger partial charge in [0.25, 0.3) is 0 Å². The standard InChI is InChI=1S/C14H11ClF2N2S/c1-8-2-4-10(16)13(6-8)19-14(20)18-12-5-3-9(15)7-11(12)17/h2-7H,1H3,(H2,18,19,20). The second-order valence-corrected chi connectivity index (χ2v) is 5.03. The Kier molecular flexibility index (Phi) is 4.52. The predicted molar refractivity (Wildman–Crippen MR) is 82.4 cm³/mol. The summed E-state index contributed by atoms with van der Waals surface area (Å²) in [6, 6.07) is 8.75. The molecule has 2 aromatic carbocycles. The van der Waals surface area contributed by atoms with Gasteiger partial charge in [0.2, 0.25) is 0 Å². The van der Waals surface area contributed by atoms with E-state index in [2.05, 4.69) is 10.6 Å². The predicted octanol–water partition coefficient (Wildman–Crippen LogP) is 4.74. The molecular weight excluding hydrogens is 302 g/mol. The topological polar surface area (TPSA) is 24.1 Å². The van der Waals surface area contributed by atoms with Crippen LogP contribution in [0.25, 0.3) is 0 Å². The Labute approximate surface area is 125 Å². The summed E-state index contributed by atoms with van der Waals surface area (Å²) in [6.45, 7) is 1.83. The highest BCUT2D eigenvalue weighted by molar-refractivity contribution is 7.80. The lowest BCUT2D eigenvalue weighted by Gasteiger charge is -2.12. The smallest absolute Gasteiger partial charge is 0.175 e. The summed E-state index contributed by atoms with van der Waals surface area (Å²) < 4.78 is 27.1. The van der Waals surface area contributed by atoms with Gasteiger partial charge < -0.3 is 10.6 Å². The fourth-order valence-electron chi connectivity index (χ4n) is 1.60. The molecular formula is C14H11ClF2N2S. The maximum absolute atomic E-state index is 13.6. The van der Waals surface area contributed by atoms with Crippen LogP contribution in [0.1, 0.15) is 5.56 Å². The number of hydrogen-bond acceptors (Lipinski definition) is 1. The third kappa shape index (κ3) is 3.65. The van der Waals surface area contributed by atoms with Gasteiger partial charge in [0.1, 0.15) is 11.6 Å². The third-order valence-electron chi connectivity index (χ3n) is 2.55. The van der Waals surface area contributed by atoms with Crippen molar-refractivity contribution in [2.75, 3.05) is 10.6 Å². The van der Waals surface area contributed by atoms with Crippen LogP contribution in [0.4, 0.5) is 20.2 Å². The fourth-order valence-corrected chi connectivity index (χ4v) is 1.98. The molecule has 0 radical (unpaired) electrons. The number of halogens is 3. The molecule has 20 heavy (non-hydrogen) atoms. The van der Waals surface area contributed by atoms with Crippen molar-refractivity contribution in [2.45, 2.75) is 6.92 Å². The lowest BCUT2D eigenvalue weighted by atomic mass is 10.2. The van der Waals surface area contributed by atoms with Gasteiger partial charge in [-0.3, -0.25) is 0 Å². The number of benzene rings is 2. The molecule has 0 aromatic heterocycles. The van der Waals surface area contributed by atoms with Gasteiger partial charge in [-0.2, -0.15) is 0 Å². The van der Waals surface area contributed by atoms with Crippen molar-refractivity contribution < 1.29 is 8.78 Å². The van der Waals surface area contributed by atoms with Crippen LogP contribution in [0.15, 0.2) is 36.4 Å². The lowest BCUT2D eigenvalue weighted by molar-refractivity contribution is 0.631. The Morgan fingerprint density at radius 2 is 1.70 bits per heavy atom. The van der Waals surface area contributed by atoms with Gasteiger partial charge >= 0.3 is 0 Å². The van der Waals surface area contributed by atoms with Crippen molar-refractivity contribution in [3.63, 3.8) is 0 Å². The van der Waals surface area contributed by atoms with Crippen LogP contribution in [-0.2, 0) is 0 Å². The van der Waals surface area contributed by atoms with E-state index in [4.69, 9.17) is 23.8 Å².